The van der Waals surface area contributed by atoms with Gasteiger partial charge in [0.05, 0.1) is 23.7 Å². The summed E-state index contributed by atoms with van der Waals surface area (Å²) in [5.74, 6) is -2.87. The Balaban J connectivity index is 1.89. The van der Waals surface area contributed by atoms with Crippen LogP contribution in [0.15, 0.2) is 41.2 Å². The Morgan fingerprint density at radius 1 is 1.20 bits per heavy atom. The normalized spacial score (nSPS) is 16.3. The molecule has 1 N–H and O–H groups in total. The Morgan fingerprint density at radius 2 is 1.90 bits per heavy atom. The van der Waals surface area contributed by atoms with Gasteiger partial charge in [-0.3, -0.25) is 19.1 Å². The van der Waals surface area contributed by atoms with E-state index in [1.807, 2.05) is 0 Å². The topological polar surface area (TPSA) is 84.7 Å². The highest BCUT2D eigenvalue weighted by Gasteiger charge is 2.51. The number of para-hydroxylation sites is 2. The van der Waals surface area contributed by atoms with Gasteiger partial charge in [-0.25, -0.2) is 9.37 Å². The van der Waals surface area contributed by atoms with Crippen molar-refractivity contribution in [3.63, 3.8) is 0 Å². The summed E-state index contributed by atoms with van der Waals surface area (Å²) in [6, 6.07) is 8.12. The molecule has 0 saturated carbocycles. The first kappa shape index (κ1) is 19.9. The maximum absolute atomic E-state index is 14.3. The van der Waals surface area contributed by atoms with E-state index in [1.54, 1.807) is 0 Å². The SMILES string of the molecule is C[C@H](O)c1cccc2c1OC(F)(F)C(=O)N2Cc1nc2c(F)cccc2c(=O)n1C. The standard InChI is InChI=1S/C20H16F3N3O4/c1-10(27)11-5-4-8-14-17(11)30-20(22,23)19(29)26(14)9-15-24-16-12(18(28)25(15)2)6-3-7-13(16)21/h3-8,10,27H,9H2,1-2H3/t10-/m0/s1. The molecule has 1 aromatic heterocycles. The quantitative estimate of drug-likeness (QED) is 0.706. The number of carbonyl (C=O) groups is 1. The number of aliphatic hydroxyl groups excluding tert-OH is 1. The molecular weight excluding hydrogens is 403 g/mol. The van der Waals surface area contributed by atoms with E-state index in [0.717, 1.165) is 10.6 Å². The van der Waals surface area contributed by atoms with Gasteiger partial charge in [0.15, 0.2) is 5.75 Å². The van der Waals surface area contributed by atoms with Crippen molar-refractivity contribution < 1.29 is 27.8 Å². The van der Waals surface area contributed by atoms with E-state index in [4.69, 9.17) is 0 Å². The van der Waals surface area contributed by atoms with Crippen molar-refractivity contribution in [2.45, 2.75) is 25.7 Å². The minimum Gasteiger partial charge on any atom is -0.423 e. The molecule has 7 nitrogen and oxygen atoms in total. The number of nitrogens with zero attached hydrogens (tertiary/aromatic N) is 3. The van der Waals surface area contributed by atoms with E-state index in [9.17, 15) is 27.9 Å². The average Bonchev–Trinajstić information content (AvgIpc) is 2.69. The number of rotatable bonds is 3. The molecule has 156 valence electrons. The number of halogens is 3. The first-order valence-electron chi connectivity index (χ1n) is 8.95. The molecule has 2 aromatic carbocycles. The van der Waals surface area contributed by atoms with Gasteiger partial charge < -0.3 is 9.84 Å². The number of ether oxygens (including phenoxy) is 1. The number of aromatic nitrogens is 2. The fraction of sp³-hybridized carbons (Fsp3) is 0.250. The molecule has 0 unspecified atom stereocenters. The van der Waals surface area contributed by atoms with E-state index in [0.29, 0.717) is 4.90 Å². The number of aliphatic hydroxyl groups is 1. The van der Waals surface area contributed by atoms with Crippen molar-refractivity contribution in [3.05, 3.63) is 64.0 Å². The minimum absolute atomic E-state index is 0.0211. The Hall–Kier alpha value is -3.40. The Bertz CT molecular complexity index is 1240. The second-order valence-electron chi connectivity index (χ2n) is 6.91. The van der Waals surface area contributed by atoms with Crippen LogP contribution in [0, 0.1) is 5.82 Å². The Labute approximate surface area is 167 Å². The maximum atomic E-state index is 14.3. The molecule has 1 aliphatic rings. The lowest BCUT2D eigenvalue weighted by molar-refractivity contribution is -0.193. The third-order valence-corrected chi connectivity index (χ3v) is 4.94. The number of benzene rings is 2. The summed E-state index contributed by atoms with van der Waals surface area (Å²) in [4.78, 5) is 29.8. The third-order valence-electron chi connectivity index (χ3n) is 4.94. The van der Waals surface area contributed by atoms with Gasteiger partial charge >= 0.3 is 12.0 Å². The third kappa shape index (κ3) is 3.00. The zero-order chi connectivity index (χ0) is 21.8. The van der Waals surface area contributed by atoms with Crippen LogP contribution >= 0.6 is 0 Å². The van der Waals surface area contributed by atoms with Crippen LogP contribution in [0.2, 0.25) is 0 Å². The first-order chi connectivity index (χ1) is 14.1. The molecule has 0 saturated heterocycles. The fourth-order valence-corrected chi connectivity index (χ4v) is 3.38. The molecular formula is C20H16F3N3O4. The fourth-order valence-electron chi connectivity index (χ4n) is 3.38. The van der Waals surface area contributed by atoms with E-state index in [-0.39, 0.29) is 33.7 Å². The van der Waals surface area contributed by atoms with E-state index >= 15 is 0 Å². The zero-order valence-electron chi connectivity index (χ0n) is 15.9. The molecule has 1 atom stereocenters. The average molecular weight is 419 g/mol. The highest BCUT2D eigenvalue weighted by atomic mass is 19.3. The zero-order valence-corrected chi connectivity index (χ0v) is 15.9. The highest BCUT2D eigenvalue weighted by Crippen LogP contribution is 2.44. The monoisotopic (exact) mass is 419 g/mol. The van der Waals surface area contributed by atoms with Crippen molar-refractivity contribution in [1.29, 1.82) is 0 Å². The molecule has 1 amide bonds. The summed E-state index contributed by atoms with van der Waals surface area (Å²) in [7, 11) is 1.35. The molecule has 0 bridgehead atoms. The maximum Gasteiger partial charge on any atom is 0.483 e. The smallest absolute Gasteiger partial charge is 0.423 e. The second-order valence-corrected chi connectivity index (χ2v) is 6.91. The van der Waals surface area contributed by atoms with Crippen LogP contribution in [0.3, 0.4) is 0 Å². The van der Waals surface area contributed by atoms with Crippen LogP contribution < -0.4 is 15.2 Å². The predicted octanol–water partition coefficient (Wildman–Crippen LogP) is 2.64. The lowest BCUT2D eigenvalue weighted by atomic mass is 10.1. The van der Waals surface area contributed by atoms with Gasteiger partial charge in [-0.15, -0.1) is 0 Å². The minimum atomic E-state index is -4.20. The van der Waals surface area contributed by atoms with Crippen molar-refractivity contribution in [1.82, 2.24) is 9.55 Å². The Morgan fingerprint density at radius 3 is 2.60 bits per heavy atom. The molecule has 1 aliphatic heterocycles. The van der Waals surface area contributed by atoms with Crippen LogP contribution in [0.5, 0.6) is 5.75 Å². The summed E-state index contributed by atoms with van der Waals surface area (Å²) < 4.78 is 48.5. The van der Waals surface area contributed by atoms with Crippen molar-refractivity contribution >= 4 is 22.5 Å². The molecule has 4 rings (SSSR count). The molecule has 0 fully saturated rings. The first-order valence-corrected chi connectivity index (χ1v) is 8.95. The van der Waals surface area contributed by atoms with E-state index in [2.05, 4.69) is 9.72 Å². The van der Waals surface area contributed by atoms with Crippen molar-refractivity contribution in [3.8, 4) is 5.75 Å². The number of hydrogen-bond acceptors (Lipinski definition) is 5. The van der Waals surface area contributed by atoms with Crippen molar-refractivity contribution in [2.24, 2.45) is 7.05 Å². The van der Waals surface area contributed by atoms with Gasteiger partial charge in [0.2, 0.25) is 0 Å². The number of amides is 1. The molecule has 0 aliphatic carbocycles. The van der Waals surface area contributed by atoms with Crippen molar-refractivity contribution in [2.75, 3.05) is 4.90 Å². The summed E-state index contributed by atoms with van der Waals surface area (Å²) in [6.07, 6.45) is -5.33. The number of alkyl halides is 2. The summed E-state index contributed by atoms with van der Waals surface area (Å²) in [6.45, 7) is 0.833. The summed E-state index contributed by atoms with van der Waals surface area (Å²) in [5, 5.41) is 9.92. The van der Waals surface area contributed by atoms with E-state index < -0.39 is 36.0 Å². The molecule has 30 heavy (non-hydrogen) atoms. The number of fused-ring (bicyclic) bond motifs is 2. The van der Waals surface area contributed by atoms with Gasteiger partial charge in [0.1, 0.15) is 17.2 Å². The molecule has 0 spiro atoms. The van der Waals surface area contributed by atoms with Gasteiger partial charge in [0.25, 0.3) is 5.56 Å². The molecule has 0 radical (unpaired) electrons. The molecule has 2 heterocycles. The molecule has 10 heteroatoms. The number of carbonyl (C=O) groups excluding carboxylic acids is 1. The van der Waals surface area contributed by atoms with Gasteiger partial charge in [-0.05, 0) is 25.1 Å². The predicted molar refractivity (Wildman–Crippen MR) is 101 cm³/mol. The lowest BCUT2D eigenvalue weighted by Gasteiger charge is -2.34. The van der Waals surface area contributed by atoms with Crippen LogP contribution in [0.1, 0.15) is 24.4 Å². The largest absolute Gasteiger partial charge is 0.483 e. The summed E-state index contributed by atoms with van der Waals surface area (Å²) >= 11 is 0. The molecule has 3 aromatic rings. The van der Waals surface area contributed by atoms with Crippen LogP contribution in [0.25, 0.3) is 10.9 Å². The number of hydrogen-bond donors (Lipinski definition) is 1. The van der Waals surface area contributed by atoms with Crippen LogP contribution in [-0.2, 0) is 18.4 Å². The number of anilines is 1. The lowest BCUT2D eigenvalue weighted by Crippen LogP contribution is -2.51. The summed E-state index contributed by atoms with van der Waals surface area (Å²) in [5.41, 5.74) is -0.760. The van der Waals surface area contributed by atoms with Crippen LogP contribution in [-0.4, -0.2) is 26.7 Å². The Kier molecular flexibility index (Phi) is 4.53. The van der Waals surface area contributed by atoms with Gasteiger partial charge in [0, 0.05) is 12.6 Å². The highest BCUT2D eigenvalue weighted by molar-refractivity contribution is 6.01. The second kappa shape index (κ2) is 6.84. The van der Waals surface area contributed by atoms with E-state index in [1.165, 1.54) is 44.3 Å². The van der Waals surface area contributed by atoms with Crippen LogP contribution in [0.4, 0.5) is 18.9 Å². The van der Waals surface area contributed by atoms with Gasteiger partial charge in [-0.2, -0.15) is 8.78 Å². The van der Waals surface area contributed by atoms with Gasteiger partial charge in [-0.1, -0.05) is 18.2 Å².